The highest BCUT2D eigenvalue weighted by molar-refractivity contribution is 5.46. The third-order valence-corrected chi connectivity index (χ3v) is 3.90. The zero-order valence-electron chi connectivity index (χ0n) is 9.13. The van der Waals surface area contributed by atoms with Crippen LogP contribution in [0.1, 0.15) is 29.4 Å². The van der Waals surface area contributed by atoms with Crippen molar-refractivity contribution in [3.05, 3.63) is 35.4 Å². The fourth-order valence-electron chi connectivity index (χ4n) is 3.33. The van der Waals surface area contributed by atoms with Gasteiger partial charge in [-0.25, -0.2) is 0 Å². The molecule has 0 heterocycles. The van der Waals surface area contributed by atoms with Gasteiger partial charge in [0.15, 0.2) is 0 Å². The maximum atomic E-state index is 10.5. The molecule has 4 unspecified atom stereocenters. The highest BCUT2D eigenvalue weighted by Crippen LogP contribution is 2.54. The molecule has 0 amide bonds. The van der Waals surface area contributed by atoms with Gasteiger partial charge in [-0.05, 0) is 17.5 Å². The smallest absolute Gasteiger partial charge is 0.293 e. The largest absolute Gasteiger partial charge is 0.461 e. The quantitative estimate of drug-likeness (QED) is 0.726. The van der Waals surface area contributed by atoms with E-state index >= 15 is 0 Å². The van der Waals surface area contributed by atoms with E-state index in [2.05, 4.69) is 18.2 Å². The molecule has 2 bridgehead atoms. The van der Waals surface area contributed by atoms with E-state index in [0.717, 1.165) is 6.42 Å². The Kier molecular flexibility index (Phi) is 2.21. The average Bonchev–Trinajstić information content (AvgIpc) is 2.86. The lowest BCUT2D eigenvalue weighted by atomic mass is 9.88. The molecule has 3 heteroatoms. The molecule has 3 nitrogen and oxygen atoms in total. The maximum absolute atomic E-state index is 10.5. The first-order chi connectivity index (χ1) is 7.86. The van der Waals surface area contributed by atoms with Crippen LogP contribution in [0.2, 0.25) is 0 Å². The number of benzene rings is 1. The fraction of sp³-hybridized carbons (Fsp3) is 0.462. The van der Waals surface area contributed by atoms with E-state index in [1.165, 1.54) is 11.1 Å². The summed E-state index contributed by atoms with van der Waals surface area (Å²) < 4.78 is 10.7. The normalized spacial score (nSPS) is 34.8. The predicted molar refractivity (Wildman–Crippen MR) is 58.3 cm³/mol. The fourth-order valence-corrected chi connectivity index (χ4v) is 3.33. The lowest BCUT2D eigenvalue weighted by Crippen LogP contribution is -2.35. The molecule has 1 aromatic rings. The van der Waals surface area contributed by atoms with Crippen molar-refractivity contribution in [1.82, 2.24) is 0 Å². The molecule has 84 valence electrons. The third kappa shape index (κ3) is 1.15. The van der Waals surface area contributed by atoms with Crippen LogP contribution in [0.4, 0.5) is 0 Å². The number of hydrogen-bond donors (Lipinski definition) is 0. The first-order valence-corrected chi connectivity index (χ1v) is 5.57. The average molecular weight is 218 g/mol. The molecule has 0 spiro atoms. The molecule has 0 N–H and O–H groups in total. The van der Waals surface area contributed by atoms with Crippen molar-refractivity contribution in [2.24, 2.45) is 0 Å². The van der Waals surface area contributed by atoms with Crippen molar-refractivity contribution < 1.29 is 14.3 Å². The van der Waals surface area contributed by atoms with Crippen LogP contribution in [-0.2, 0) is 14.3 Å². The molecule has 1 saturated carbocycles. The Labute approximate surface area is 94.4 Å². The van der Waals surface area contributed by atoms with E-state index in [-0.39, 0.29) is 12.2 Å². The predicted octanol–water partition coefficient (Wildman–Crippen LogP) is 1.83. The molecule has 2 aliphatic rings. The van der Waals surface area contributed by atoms with Gasteiger partial charge in [-0.1, -0.05) is 24.3 Å². The van der Waals surface area contributed by atoms with Gasteiger partial charge in [0.25, 0.3) is 6.47 Å². The number of carbonyl (C=O) groups is 1. The van der Waals surface area contributed by atoms with Gasteiger partial charge in [0, 0.05) is 18.9 Å². The third-order valence-electron chi connectivity index (χ3n) is 3.90. The van der Waals surface area contributed by atoms with Crippen LogP contribution in [-0.4, -0.2) is 25.8 Å². The number of ether oxygens (including phenoxy) is 2. The molecular weight excluding hydrogens is 204 g/mol. The second kappa shape index (κ2) is 3.59. The summed E-state index contributed by atoms with van der Waals surface area (Å²) >= 11 is 0. The molecule has 0 aromatic heterocycles. The molecule has 0 aliphatic heterocycles. The van der Waals surface area contributed by atoms with Gasteiger partial charge < -0.3 is 9.47 Å². The van der Waals surface area contributed by atoms with Crippen molar-refractivity contribution in [3.8, 4) is 0 Å². The lowest BCUT2D eigenvalue weighted by molar-refractivity contribution is -0.140. The second-order valence-electron chi connectivity index (χ2n) is 4.47. The maximum Gasteiger partial charge on any atom is 0.293 e. The molecule has 0 radical (unpaired) electrons. The van der Waals surface area contributed by atoms with Gasteiger partial charge in [-0.3, -0.25) is 4.79 Å². The minimum absolute atomic E-state index is 0.0186. The first kappa shape index (κ1) is 9.85. The van der Waals surface area contributed by atoms with Gasteiger partial charge in [0.05, 0.1) is 0 Å². The van der Waals surface area contributed by atoms with Gasteiger partial charge in [-0.2, -0.15) is 0 Å². The molecule has 0 saturated heterocycles. The van der Waals surface area contributed by atoms with E-state index in [1.807, 2.05) is 6.07 Å². The van der Waals surface area contributed by atoms with Gasteiger partial charge in [-0.15, -0.1) is 0 Å². The highest BCUT2D eigenvalue weighted by atomic mass is 16.6. The number of rotatable bonds is 3. The molecule has 16 heavy (non-hydrogen) atoms. The Bertz CT molecular complexity index is 415. The van der Waals surface area contributed by atoms with Crippen LogP contribution in [0.5, 0.6) is 0 Å². The summed E-state index contributed by atoms with van der Waals surface area (Å²) in [5, 5.41) is 0. The Morgan fingerprint density at radius 1 is 1.19 bits per heavy atom. The molecule has 2 aliphatic carbocycles. The Morgan fingerprint density at radius 2 is 1.81 bits per heavy atom. The zero-order valence-corrected chi connectivity index (χ0v) is 9.13. The van der Waals surface area contributed by atoms with Crippen LogP contribution < -0.4 is 0 Å². The molecule has 1 aromatic carbocycles. The minimum atomic E-state index is -0.109. The molecule has 3 rings (SSSR count). The molecule has 4 atom stereocenters. The van der Waals surface area contributed by atoms with E-state index < -0.39 is 0 Å². The zero-order chi connectivity index (χ0) is 11.1. The van der Waals surface area contributed by atoms with Crippen LogP contribution in [0.25, 0.3) is 0 Å². The first-order valence-electron chi connectivity index (χ1n) is 5.57. The number of carbonyl (C=O) groups excluding carboxylic acids is 1. The summed E-state index contributed by atoms with van der Waals surface area (Å²) in [5.74, 6) is 0.701. The van der Waals surface area contributed by atoms with E-state index in [9.17, 15) is 4.79 Å². The second-order valence-corrected chi connectivity index (χ2v) is 4.47. The van der Waals surface area contributed by atoms with Crippen molar-refractivity contribution in [3.63, 3.8) is 0 Å². The van der Waals surface area contributed by atoms with E-state index in [4.69, 9.17) is 9.47 Å². The summed E-state index contributed by atoms with van der Waals surface area (Å²) in [5.41, 5.74) is 2.69. The Balaban J connectivity index is 2.01. The van der Waals surface area contributed by atoms with E-state index in [1.54, 1.807) is 7.11 Å². The lowest BCUT2D eigenvalue weighted by Gasteiger charge is -2.30. The monoisotopic (exact) mass is 218 g/mol. The summed E-state index contributed by atoms with van der Waals surface area (Å²) in [7, 11) is 1.69. The standard InChI is InChI=1S/C13H14O3/c1-15-12-10-6-11(13(12)16-7-14)9-5-3-2-4-8(9)10/h2-5,7,10-13H,6H2,1H3. The van der Waals surface area contributed by atoms with Gasteiger partial charge >= 0.3 is 0 Å². The van der Waals surface area contributed by atoms with Crippen molar-refractivity contribution >= 4 is 6.47 Å². The van der Waals surface area contributed by atoms with Crippen LogP contribution >= 0.6 is 0 Å². The Hall–Kier alpha value is -1.35. The summed E-state index contributed by atoms with van der Waals surface area (Å²) in [4.78, 5) is 10.5. The van der Waals surface area contributed by atoms with Crippen LogP contribution in [0, 0.1) is 0 Å². The number of fused-ring (bicyclic) bond motifs is 5. The highest BCUT2D eigenvalue weighted by Gasteiger charge is 2.52. The van der Waals surface area contributed by atoms with Crippen molar-refractivity contribution in [2.75, 3.05) is 7.11 Å². The van der Waals surface area contributed by atoms with Crippen molar-refractivity contribution in [1.29, 1.82) is 0 Å². The molecule has 1 fully saturated rings. The SMILES string of the molecule is COC1C2CC(c3ccccc32)C1OC=O. The molecular formula is C13H14O3. The minimum Gasteiger partial charge on any atom is -0.461 e. The van der Waals surface area contributed by atoms with Crippen molar-refractivity contribution in [2.45, 2.75) is 30.5 Å². The summed E-state index contributed by atoms with van der Waals surface area (Å²) in [6.45, 7) is 0.542. The summed E-state index contributed by atoms with van der Waals surface area (Å²) in [6, 6.07) is 8.39. The Morgan fingerprint density at radius 3 is 2.38 bits per heavy atom. The topological polar surface area (TPSA) is 35.5 Å². The van der Waals surface area contributed by atoms with Crippen LogP contribution in [0.15, 0.2) is 24.3 Å². The summed E-state index contributed by atoms with van der Waals surface area (Å²) in [6.07, 6.45) is 0.948. The number of methoxy groups -OCH3 is 1. The van der Waals surface area contributed by atoms with Crippen LogP contribution in [0.3, 0.4) is 0 Å². The van der Waals surface area contributed by atoms with E-state index in [0.29, 0.717) is 18.3 Å². The van der Waals surface area contributed by atoms with Gasteiger partial charge in [0.1, 0.15) is 12.2 Å². The van der Waals surface area contributed by atoms with Gasteiger partial charge in [0.2, 0.25) is 0 Å². The number of hydrogen-bond acceptors (Lipinski definition) is 3.